The molecule has 0 saturated heterocycles. The molecular formula is C14H14FN3S. The number of nitrogens with zero attached hydrogens (tertiary/aromatic N) is 2. The fraction of sp³-hybridized carbons (Fsp3) is 0.214. The van der Waals surface area contributed by atoms with Crippen molar-refractivity contribution in [3.05, 3.63) is 52.4 Å². The molecule has 5 heteroatoms. The highest BCUT2D eigenvalue weighted by Gasteiger charge is 2.15. The molecule has 3 rings (SSSR count). The number of rotatable bonds is 3. The fourth-order valence-electron chi connectivity index (χ4n) is 2.26. The van der Waals surface area contributed by atoms with Gasteiger partial charge < -0.3 is 5.73 Å². The number of nitrogens with two attached hydrogens (primary N) is 1. The minimum Gasteiger partial charge on any atom is -0.326 e. The maximum Gasteiger partial charge on any atom is 0.132 e. The van der Waals surface area contributed by atoms with E-state index >= 15 is 0 Å². The maximum atomic E-state index is 14.1. The van der Waals surface area contributed by atoms with Crippen LogP contribution in [-0.4, -0.2) is 9.78 Å². The first-order chi connectivity index (χ1) is 9.20. The van der Waals surface area contributed by atoms with Gasteiger partial charge in [-0.25, -0.2) is 4.39 Å². The molecule has 1 aromatic carbocycles. The normalized spacial score (nSPS) is 11.3. The van der Waals surface area contributed by atoms with Gasteiger partial charge in [-0.3, -0.25) is 4.68 Å². The Balaban J connectivity index is 2.18. The number of fused-ring (bicyclic) bond motifs is 1. The lowest BCUT2D eigenvalue weighted by Gasteiger charge is -2.06. The third-order valence-corrected chi connectivity index (χ3v) is 4.49. The summed E-state index contributed by atoms with van der Waals surface area (Å²) in [5.74, 6) is -0.187. The lowest BCUT2D eigenvalue weighted by Crippen LogP contribution is -2.07. The summed E-state index contributed by atoms with van der Waals surface area (Å²) in [5, 5.41) is 4.94. The molecule has 0 spiro atoms. The van der Waals surface area contributed by atoms with Crippen molar-refractivity contribution < 1.29 is 4.39 Å². The van der Waals surface area contributed by atoms with Crippen LogP contribution in [0.25, 0.3) is 10.1 Å². The summed E-state index contributed by atoms with van der Waals surface area (Å²) < 4.78 is 16.9. The Morgan fingerprint density at radius 2 is 2.21 bits per heavy atom. The second kappa shape index (κ2) is 4.75. The molecule has 0 unspecified atom stereocenters. The molecule has 2 N–H and O–H groups in total. The zero-order valence-corrected chi connectivity index (χ0v) is 11.4. The highest BCUT2D eigenvalue weighted by Crippen LogP contribution is 2.33. The molecule has 98 valence electrons. The number of hydrogen-bond donors (Lipinski definition) is 1. The SMILES string of the molecule is Cc1ccnn1Cc1c(CN)sc2cccc(F)c12. The topological polar surface area (TPSA) is 43.8 Å². The van der Waals surface area contributed by atoms with Gasteiger partial charge in [0, 0.05) is 33.4 Å². The molecule has 0 aliphatic carbocycles. The van der Waals surface area contributed by atoms with E-state index in [2.05, 4.69) is 5.10 Å². The molecule has 0 amide bonds. The summed E-state index contributed by atoms with van der Waals surface area (Å²) >= 11 is 1.56. The number of benzene rings is 1. The van der Waals surface area contributed by atoms with E-state index in [4.69, 9.17) is 5.73 Å². The van der Waals surface area contributed by atoms with Crippen LogP contribution in [0.3, 0.4) is 0 Å². The molecule has 0 fully saturated rings. The summed E-state index contributed by atoms with van der Waals surface area (Å²) in [7, 11) is 0. The molecule has 0 aliphatic heterocycles. The second-order valence-corrected chi connectivity index (χ2v) is 5.59. The Labute approximate surface area is 114 Å². The Bertz CT molecular complexity index is 729. The van der Waals surface area contributed by atoms with Gasteiger partial charge in [-0.05, 0) is 30.7 Å². The largest absolute Gasteiger partial charge is 0.326 e. The Morgan fingerprint density at radius 3 is 2.89 bits per heavy atom. The van der Waals surface area contributed by atoms with Crippen molar-refractivity contribution >= 4 is 21.4 Å². The van der Waals surface area contributed by atoms with Crippen molar-refractivity contribution in [2.75, 3.05) is 0 Å². The molecule has 19 heavy (non-hydrogen) atoms. The van der Waals surface area contributed by atoms with Crippen LogP contribution in [0.5, 0.6) is 0 Å². The Morgan fingerprint density at radius 1 is 1.37 bits per heavy atom. The monoisotopic (exact) mass is 275 g/mol. The van der Waals surface area contributed by atoms with Crippen molar-refractivity contribution in [1.29, 1.82) is 0 Å². The number of aromatic nitrogens is 2. The summed E-state index contributed by atoms with van der Waals surface area (Å²) in [5.41, 5.74) is 7.80. The third kappa shape index (κ3) is 2.05. The van der Waals surface area contributed by atoms with Crippen molar-refractivity contribution in [3.63, 3.8) is 0 Å². The average molecular weight is 275 g/mol. The van der Waals surface area contributed by atoms with Crippen LogP contribution >= 0.6 is 11.3 Å². The van der Waals surface area contributed by atoms with Gasteiger partial charge in [-0.2, -0.15) is 5.10 Å². The van der Waals surface area contributed by atoms with Gasteiger partial charge >= 0.3 is 0 Å². The molecule has 3 aromatic rings. The van der Waals surface area contributed by atoms with Gasteiger partial charge in [0.25, 0.3) is 0 Å². The van der Waals surface area contributed by atoms with Crippen LogP contribution in [0, 0.1) is 12.7 Å². The number of hydrogen-bond acceptors (Lipinski definition) is 3. The van der Waals surface area contributed by atoms with Crippen molar-refractivity contribution in [3.8, 4) is 0 Å². The van der Waals surface area contributed by atoms with Crippen LogP contribution in [-0.2, 0) is 13.1 Å². The third-order valence-electron chi connectivity index (χ3n) is 3.27. The molecule has 0 atom stereocenters. The first-order valence-electron chi connectivity index (χ1n) is 6.08. The summed E-state index contributed by atoms with van der Waals surface area (Å²) in [6.07, 6.45) is 1.75. The van der Waals surface area contributed by atoms with Crippen LogP contribution in [0.15, 0.2) is 30.5 Å². The second-order valence-electron chi connectivity index (χ2n) is 4.45. The number of thiophene rings is 1. The van der Waals surface area contributed by atoms with Crippen molar-refractivity contribution in [2.45, 2.75) is 20.0 Å². The van der Waals surface area contributed by atoms with E-state index in [-0.39, 0.29) is 5.82 Å². The van der Waals surface area contributed by atoms with Gasteiger partial charge in [0.2, 0.25) is 0 Å². The first kappa shape index (κ1) is 12.3. The molecule has 0 saturated carbocycles. The average Bonchev–Trinajstić information content (AvgIpc) is 2.96. The molecule has 2 heterocycles. The predicted molar refractivity (Wildman–Crippen MR) is 75.7 cm³/mol. The number of aryl methyl sites for hydroxylation is 1. The highest BCUT2D eigenvalue weighted by molar-refractivity contribution is 7.19. The zero-order valence-electron chi connectivity index (χ0n) is 10.6. The van der Waals surface area contributed by atoms with E-state index in [1.807, 2.05) is 23.7 Å². The maximum absolute atomic E-state index is 14.1. The van der Waals surface area contributed by atoms with Gasteiger partial charge in [-0.15, -0.1) is 11.3 Å². The fourth-order valence-corrected chi connectivity index (χ4v) is 3.37. The Kier molecular flexibility index (Phi) is 3.08. The Hall–Kier alpha value is -1.72. The predicted octanol–water partition coefficient (Wildman–Crippen LogP) is 3.05. The van der Waals surface area contributed by atoms with E-state index in [1.54, 1.807) is 23.6 Å². The molecular weight excluding hydrogens is 261 g/mol. The standard InChI is InChI=1S/C14H14FN3S/c1-9-5-6-17-18(9)8-10-13(7-16)19-12-4-2-3-11(15)14(10)12/h2-6H,7-8,16H2,1H3. The quantitative estimate of drug-likeness (QED) is 0.798. The highest BCUT2D eigenvalue weighted by atomic mass is 32.1. The zero-order chi connectivity index (χ0) is 13.4. The van der Waals surface area contributed by atoms with Crippen LogP contribution in [0.4, 0.5) is 4.39 Å². The minimum absolute atomic E-state index is 0.187. The minimum atomic E-state index is -0.187. The van der Waals surface area contributed by atoms with E-state index in [1.165, 1.54) is 6.07 Å². The van der Waals surface area contributed by atoms with Crippen molar-refractivity contribution in [2.24, 2.45) is 5.73 Å². The summed E-state index contributed by atoms with van der Waals surface area (Å²) in [6.45, 7) is 2.97. The molecule has 0 bridgehead atoms. The summed E-state index contributed by atoms with van der Waals surface area (Å²) in [6, 6.07) is 7.10. The van der Waals surface area contributed by atoms with Crippen molar-refractivity contribution in [1.82, 2.24) is 9.78 Å². The first-order valence-corrected chi connectivity index (χ1v) is 6.89. The van der Waals surface area contributed by atoms with Crippen LogP contribution in [0.2, 0.25) is 0 Å². The lowest BCUT2D eigenvalue weighted by atomic mass is 10.1. The molecule has 0 aliphatic rings. The van der Waals surface area contributed by atoms with E-state index in [0.717, 1.165) is 20.8 Å². The summed E-state index contributed by atoms with van der Waals surface area (Å²) in [4.78, 5) is 1.02. The molecule has 0 radical (unpaired) electrons. The van der Waals surface area contributed by atoms with E-state index in [0.29, 0.717) is 18.5 Å². The van der Waals surface area contributed by atoms with Crippen LogP contribution < -0.4 is 5.73 Å². The van der Waals surface area contributed by atoms with Gasteiger partial charge in [0.15, 0.2) is 0 Å². The van der Waals surface area contributed by atoms with Gasteiger partial charge in [0.05, 0.1) is 6.54 Å². The number of halogens is 1. The van der Waals surface area contributed by atoms with E-state index in [9.17, 15) is 4.39 Å². The molecule has 2 aromatic heterocycles. The smallest absolute Gasteiger partial charge is 0.132 e. The van der Waals surface area contributed by atoms with E-state index < -0.39 is 0 Å². The molecule has 3 nitrogen and oxygen atoms in total. The van der Waals surface area contributed by atoms with Crippen LogP contribution in [0.1, 0.15) is 16.1 Å². The van der Waals surface area contributed by atoms with Gasteiger partial charge in [0.1, 0.15) is 5.82 Å². The van der Waals surface area contributed by atoms with Gasteiger partial charge in [-0.1, -0.05) is 6.07 Å². The lowest BCUT2D eigenvalue weighted by molar-refractivity contribution is 0.632.